The highest BCUT2D eigenvalue weighted by Crippen LogP contribution is 2.21. The summed E-state index contributed by atoms with van der Waals surface area (Å²) >= 11 is 1.51. The first-order valence-electron chi connectivity index (χ1n) is 13.3. The fraction of sp³-hybridized carbons (Fsp3) is 0.355. The van der Waals surface area contributed by atoms with Gasteiger partial charge in [0, 0.05) is 44.4 Å². The zero-order valence-corrected chi connectivity index (χ0v) is 24.9. The van der Waals surface area contributed by atoms with Crippen LogP contribution >= 0.6 is 11.3 Å². The molecule has 3 N–H and O–H groups in total. The highest BCUT2D eigenvalue weighted by atomic mass is 32.1. The summed E-state index contributed by atoms with van der Waals surface area (Å²) in [5, 5.41) is 18.1. The van der Waals surface area contributed by atoms with Gasteiger partial charge in [-0.3, -0.25) is 14.4 Å². The van der Waals surface area contributed by atoms with Crippen molar-refractivity contribution in [3.8, 4) is 0 Å². The van der Waals surface area contributed by atoms with Crippen molar-refractivity contribution in [3.63, 3.8) is 0 Å². The lowest BCUT2D eigenvalue weighted by molar-refractivity contribution is -0.146. The van der Waals surface area contributed by atoms with Crippen molar-refractivity contribution in [2.45, 2.75) is 50.7 Å². The summed E-state index contributed by atoms with van der Waals surface area (Å²) in [7, 11) is 4.70. The predicted molar refractivity (Wildman–Crippen MR) is 162 cm³/mol. The van der Waals surface area contributed by atoms with E-state index in [-0.39, 0.29) is 24.7 Å². The maximum absolute atomic E-state index is 14.1. The molecule has 4 amide bonds. The molecular formula is C31H38N4O5S. The minimum absolute atomic E-state index is 0.246. The first-order valence-corrected chi connectivity index (χ1v) is 14.2. The number of thiophene rings is 1. The Morgan fingerprint density at radius 3 is 2.29 bits per heavy atom. The Kier molecular flexibility index (Phi) is 10.7. The number of hydrogen-bond acceptors (Lipinski definition) is 5. The van der Waals surface area contributed by atoms with Crippen LogP contribution in [0.1, 0.15) is 30.7 Å². The van der Waals surface area contributed by atoms with Crippen LogP contribution in [0.3, 0.4) is 0 Å². The third-order valence-electron chi connectivity index (χ3n) is 7.02. The number of carbonyl (C=O) groups is 4. The lowest BCUT2D eigenvalue weighted by Gasteiger charge is -2.34. The van der Waals surface area contributed by atoms with Crippen LogP contribution in [0.2, 0.25) is 0 Å². The fourth-order valence-corrected chi connectivity index (χ4v) is 5.37. The SMILES string of the molecule is CNC(=O)[C@@H](Cc1cccs1)N(C)C(=O)[C@@H](Cc1ccc2ccccc2c1)N(C)C(=O)/C=C/CC(C)(C)NC(=O)O. The fourth-order valence-electron chi connectivity index (χ4n) is 4.63. The first-order chi connectivity index (χ1) is 19.4. The molecule has 9 nitrogen and oxygen atoms in total. The second-order valence-corrected chi connectivity index (χ2v) is 11.7. The average Bonchev–Trinajstić information content (AvgIpc) is 3.45. The molecule has 0 fully saturated rings. The molecule has 2 aromatic carbocycles. The molecule has 1 heterocycles. The van der Waals surface area contributed by atoms with Gasteiger partial charge in [0.25, 0.3) is 0 Å². The predicted octanol–water partition coefficient (Wildman–Crippen LogP) is 4.08. The zero-order valence-electron chi connectivity index (χ0n) is 24.1. The molecule has 3 rings (SSSR count). The van der Waals surface area contributed by atoms with Gasteiger partial charge < -0.3 is 25.5 Å². The van der Waals surface area contributed by atoms with Gasteiger partial charge in [-0.15, -0.1) is 11.3 Å². The quantitative estimate of drug-likeness (QED) is 0.280. The van der Waals surface area contributed by atoms with E-state index >= 15 is 0 Å². The summed E-state index contributed by atoms with van der Waals surface area (Å²) in [5.41, 5.74) is 0.102. The van der Waals surface area contributed by atoms with Crippen LogP contribution in [-0.4, -0.2) is 77.5 Å². The monoisotopic (exact) mass is 578 g/mol. The molecule has 3 aromatic rings. The van der Waals surface area contributed by atoms with Crippen molar-refractivity contribution in [1.82, 2.24) is 20.4 Å². The number of fused-ring (bicyclic) bond motifs is 1. The highest BCUT2D eigenvalue weighted by molar-refractivity contribution is 7.09. The molecule has 0 unspecified atom stereocenters. The normalized spacial score (nSPS) is 13.0. The third kappa shape index (κ3) is 8.65. The molecule has 2 atom stereocenters. The molecule has 10 heteroatoms. The lowest BCUT2D eigenvalue weighted by Crippen LogP contribution is -2.55. The summed E-state index contributed by atoms with van der Waals surface area (Å²) < 4.78 is 0. The third-order valence-corrected chi connectivity index (χ3v) is 7.91. The number of benzene rings is 2. The molecule has 218 valence electrons. The second-order valence-electron chi connectivity index (χ2n) is 10.6. The van der Waals surface area contributed by atoms with Crippen LogP contribution in [0.4, 0.5) is 4.79 Å². The van der Waals surface area contributed by atoms with Crippen LogP contribution < -0.4 is 10.6 Å². The maximum Gasteiger partial charge on any atom is 0.405 e. The van der Waals surface area contributed by atoms with Gasteiger partial charge in [0.05, 0.1) is 0 Å². The van der Waals surface area contributed by atoms with Crippen LogP contribution in [0.25, 0.3) is 10.8 Å². The van der Waals surface area contributed by atoms with Crippen LogP contribution in [0, 0.1) is 0 Å². The smallest absolute Gasteiger partial charge is 0.405 e. The van der Waals surface area contributed by atoms with E-state index in [9.17, 15) is 19.2 Å². The molecule has 0 saturated heterocycles. The van der Waals surface area contributed by atoms with E-state index in [1.807, 2.05) is 60.0 Å². The maximum atomic E-state index is 14.1. The van der Waals surface area contributed by atoms with Gasteiger partial charge >= 0.3 is 6.09 Å². The summed E-state index contributed by atoms with van der Waals surface area (Å²) in [6.07, 6.45) is 2.68. The minimum Gasteiger partial charge on any atom is -0.465 e. The van der Waals surface area contributed by atoms with E-state index in [0.29, 0.717) is 6.42 Å². The van der Waals surface area contributed by atoms with Gasteiger partial charge in [0.2, 0.25) is 17.7 Å². The molecule has 0 spiro atoms. The van der Waals surface area contributed by atoms with Gasteiger partial charge in [0.1, 0.15) is 12.1 Å². The zero-order chi connectivity index (χ0) is 30.2. The Morgan fingerprint density at radius 2 is 1.66 bits per heavy atom. The molecule has 0 aliphatic heterocycles. The number of amides is 4. The number of nitrogens with one attached hydrogen (secondary N) is 2. The molecule has 41 heavy (non-hydrogen) atoms. The van der Waals surface area contributed by atoms with Crippen LogP contribution in [-0.2, 0) is 27.2 Å². The van der Waals surface area contributed by atoms with E-state index in [1.54, 1.807) is 34.0 Å². The van der Waals surface area contributed by atoms with Crippen LogP contribution in [0.15, 0.2) is 72.1 Å². The second kappa shape index (κ2) is 13.9. The lowest BCUT2D eigenvalue weighted by atomic mass is 9.98. The van der Waals surface area contributed by atoms with E-state index in [4.69, 9.17) is 5.11 Å². The average molecular weight is 579 g/mol. The molecule has 0 radical (unpaired) electrons. The molecule has 1 aromatic heterocycles. The molecule has 0 bridgehead atoms. The summed E-state index contributed by atoms with van der Waals surface area (Å²) in [6, 6.07) is 16.0. The van der Waals surface area contributed by atoms with Crippen molar-refractivity contribution in [3.05, 3.63) is 82.6 Å². The molecule has 0 saturated carbocycles. The van der Waals surface area contributed by atoms with Crippen molar-refractivity contribution in [2.24, 2.45) is 0 Å². The Bertz CT molecular complexity index is 1400. The van der Waals surface area contributed by atoms with E-state index in [2.05, 4.69) is 10.6 Å². The Balaban J connectivity index is 1.90. The highest BCUT2D eigenvalue weighted by Gasteiger charge is 2.34. The minimum atomic E-state index is -1.15. The number of likely N-dealkylation sites (N-methyl/N-ethyl adjacent to an activating group) is 3. The Labute approximate surface area is 244 Å². The number of carboxylic acid groups (broad SMARTS) is 1. The van der Waals surface area contributed by atoms with Gasteiger partial charge in [-0.1, -0.05) is 54.6 Å². The van der Waals surface area contributed by atoms with Gasteiger partial charge in [-0.05, 0) is 54.1 Å². The Hall–Kier alpha value is -4.18. The number of rotatable bonds is 12. The van der Waals surface area contributed by atoms with Gasteiger partial charge in [-0.25, -0.2) is 4.79 Å². The number of hydrogen-bond donors (Lipinski definition) is 3. The number of carbonyl (C=O) groups excluding carboxylic acids is 3. The van der Waals surface area contributed by atoms with Crippen molar-refractivity contribution in [2.75, 3.05) is 21.1 Å². The summed E-state index contributed by atoms with van der Waals surface area (Å²) in [4.78, 5) is 55.1. The van der Waals surface area contributed by atoms with Crippen LogP contribution in [0.5, 0.6) is 0 Å². The van der Waals surface area contributed by atoms with Crippen molar-refractivity contribution >= 4 is 45.9 Å². The molecule has 0 aliphatic rings. The van der Waals surface area contributed by atoms with E-state index in [0.717, 1.165) is 21.2 Å². The summed E-state index contributed by atoms with van der Waals surface area (Å²) in [6.45, 7) is 3.43. The molecule has 0 aliphatic carbocycles. The largest absolute Gasteiger partial charge is 0.465 e. The van der Waals surface area contributed by atoms with E-state index < -0.39 is 29.6 Å². The standard InChI is InChI=1S/C31H38N4O5S/c1-31(2,33-30(39)40)16-8-13-27(36)34(4)26(19-21-14-15-22-10-6-7-11-23(22)18-21)29(38)35(5)25(28(37)32-3)20-24-12-9-17-41-24/h6-15,17-18,25-26,33H,16,19-20H2,1-5H3,(H,32,37)(H,39,40)/b13-8+/t25-,26-/m1/s1. The number of nitrogens with zero attached hydrogens (tertiary/aromatic N) is 2. The van der Waals surface area contributed by atoms with Crippen molar-refractivity contribution in [1.29, 1.82) is 0 Å². The topological polar surface area (TPSA) is 119 Å². The first kappa shape index (κ1) is 31.3. The van der Waals surface area contributed by atoms with E-state index in [1.165, 1.54) is 34.3 Å². The summed E-state index contributed by atoms with van der Waals surface area (Å²) in [5.74, 6) is -1.06. The van der Waals surface area contributed by atoms with Gasteiger partial charge in [-0.2, -0.15) is 0 Å². The Morgan fingerprint density at radius 1 is 0.951 bits per heavy atom. The molecular weight excluding hydrogens is 540 g/mol. The van der Waals surface area contributed by atoms with Crippen molar-refractivity contribution < 1.29 is 24.3 Å². The van der Waals surface area contributed by atoms with Gasteiger partial charge in [0.15, 0.2) is 0 Å².